The number of fused-ring (bicyclic) bond motifs is 1. The van der Waals surface area contributed by atoms with Crippen LogP contribution in [0, 0.1) is 0 Å². The van der Waals surface area contributed by atoms with Crippen molar-refractivity contribution >= 4 is 17.6 Å². The molecule has 9 nitrogen and oxygen atoms in total. The summed E-state index contributed by atoms with van der Waals surface area (Å²) in [6.45, 7) is 2.40. The fourth-order valence-electron chi connectivity index (χ4n) is 4.16. The standard InChI is InChI=1S/C27H25N5O4/c1-3-35-26(33)23-24(19-12-8-5-9-13-19)28-27-29-30-31-32(27)25(23)20-14-15-21(22(16-20)34-2)36-17-18-10-6-4-7-11-18/h4-16,25H,3,17H2,1-2H3,(H,28,29,31). The summed E-state index contributed by atoms with van der Waals surface area (Å²) in [5.74, 6) is 1.07. The van der Waals surface area contributed by atoms with E-state index >= 15 is 0 Å². The first-order valence-corrected chi connectivity index (χ1v) is 11.6. The number of tetrazole rings is 1. The first-order chi connectivity index (χ1) is 17.7. The Morgan fingerprint density at radius 1 is 1.00 bits per heavy atom. The Bertz CT molecular complexity index is 1390. The quantitative estimate of drug-likeness (QED) is 0.371. The molecule has 0 amide bonds. The minimum atomic E-state index is -0.650. The number of esters is 1. The summed E-state index contributed by atoms with van der Waals surface area (Å²) >= 11 is 0. The van der Waals surface area contributed by atoms with Gasteiger partial charge in [0.25, 0.3) is 0 Å². The maximum Gasteiger partial charge on any atom is 0.338 e. The van der Waals surface area contributed by atoms with Crippen molar-refractivity contribution in [2.75, 3.05) is 19.0 Å². The molecule has 0 saturated heterocycles. The molecule has 1 atom stereocenters. The molecule has 9 heteroatoms. The molecule has 3 aromatic carbocycles. The van der Waals surface area contributed by atoms with Crippen molar-refractivity contribution in [3.05, 3.63) is 101 Å². The van der Waals surface area contributed by atoms with E-state index in [1.807, 2.05) is 78.9 Å². The highest BCUT2D eigenvalue weighted by atomic mass is 16.5. The molecule has 0 radical (unpaired) electrons. The van der Waals surface area contributed by atoms with Crippen molar-refractivity contribution < 1.29 is 19.0 Å². The van der Waals surface area contributed by atoms with Gasteiger partial charge in [-0.15, -0.1) is 0 Å². The van der Waals surface area contributed by atoms with Gasteiger partial charge in [-0.05, 0) is 46.2 Å². The first kappa shape index (κ1) is 23.1. The van der Waals surface area contributed by atoms with Gasteiger partial charge >= 0.3 is 5.97 Å². The summed E-state index contributed by atoms with van der Waals surface area (Å²) in [4.78, 5) is 13.3. The Hall–Kier alpha value is -4.66. The van der Waals surface area contributed by atoms with Crippen LogP contribution < -0.4 is 14.8 Å². The summed E-state index contributed by atoms with van der Waals surface area (Å²) in [6, 6.07) is 24.3. The van der Waals surface area contributed by atoms with Crippen molar-refractivity contribution in [2.45, 2.75) is 19.6 Å². The molecule has 0 bridgehead atoms. The molecule has 1 N–H and O–H groups in total. The third-order valence-electron chi connectivity index (χ3n) is 5.82. The minimum absolute atomic E-state index is 0.231. The Balaban J connectivity index is 1.59. The second-order valence-corrected chi connectivity index (χ2v) is 8.03. The Labute approximate surface area is 208 Å². The molecule has 182 valence electrons. The van der Waals surface area contributed by atoms with Crippen LogP contribution in [0.1, 0.15) is 29.7 Å². The van der Waals surface area contributed by atoms with Gasteiger partial charge in [0.15, 0.2) is 11.5 Å². The van der Waals surface area contributed by atoms with Gasteiger partial charge in [0.05, 0.1) is 25.0 Å². The molecular weight excluding hydrogens is 458 g/mol. The predicted molar refractivity (Wildman–Crippen MR) is 133 cm³/mol. The van der Waals surface area contributed by atoms with Crippen LogP contribution in [0.4, 0.5) is 5.95 Å². The van der Waals surface area contributed by atoms with Crippen molar-refractivity contribution in [1.29, 1.82) is 0 Å². The molecule has 1 aliphatic heterocycles. The van der Waals surface area contributed by atoms with Crippen LogP contribution in [-0.2, 0) is 16.1 Å². The van der Waals surface area contributed by atoms with Crippen LogP contribution >= 0.6 is 0 Å². The Morgan fingerprint density at radius 2 is 1.75 bits per heavy atom. The summed E-state index contributed by atoms with van der Waals surface area (Å²) < 4.78 is 18.7. The highest BCUT2D eigenvalue weighted by molar-refractivity contribution is 6.02. The average Bonchev–Trinajstić information content (AvgIpc) is 3.40. The number of hydrogen-bond acceptors (Lipinski definition) is 8. The van der Waals surface area contributed by atoms with E-state index in [2.05, 4.69) is 20.8 Å². The van der Waals surface area contributed by atoms with Crippen molar-refractivity contribution in [3.8, 4) is 11.5 Å². The second kappa shape index (κ2) is 10.3. The number of ether oxygens (including phenoxy) is 3. The van der Waals surface area contributed by atoms with Crippen molar-refractivity contribution in [2.24, 2.45) is 0 Å². The van der Waals surface area contributed by atoms with Gasteiger partial charge in [0, 0.05) is 0 Å². The molecule has 4 aromatic rings. The van der Waals surface area contributed by atoms with Crippen molar-refractivity contribution in [3.63, 3.8) is 0 Å². The van der Waals surface area contributed by atoms with Crippen LogP contribution in [0.25, 0.3) is 5.70 Å². The molecule has 0 fully saturated rings. The van der Waals surface area contributed by atoms with Gasteiger partial charge in [0.1, 0.15) is 12.6 Å². The number of carbonyl (C=O) groups is 1. The zero-order valence-corrected chi connectivity index (χ0v) is 19.9. The normalized spacial score (nSPS) is 14.6. The number of hydrogen-bond donors (Lipinski definition) is 1. The fourth-order valence-corrected chi connectivity index (χ4v) is 4.16. The lowest BCUT2D eigenvalue weighted by Crippen LogP contribution is -2.30. The third kappa shape index (κ3) is 4.50. The molecule has 0 aliphatic carbocycles. The molecule has 1 aliphatic rings. The van der Waals surface area contributed by atoms with Crippen LogP contribution in [-0.4, -0.2) is 39.9 Å². The number of benzene rings is 3. The summed E-state index contributed by atoms with van der Waals surface area (Å²) in [7, 11) is 1.58. The second-order valence-electron chi connectivity index (χ2n) is 8.03. The molecule has 1 unspecified atom stereocenters. The maximum absolute atomic E-state index is 13.3. The van der Waals surface area contributed by atoms with E-state index in [9.17, 15) is 4.79 Å². The van der Waals surface area contributed by atoms with Crippen molar-refractivity contribution in [1.82, 2.24) is 20.2 Å². The summed E-state index contributed by atoms with van der Waals surface area (Å²) in [6.07, 6.45) is 0. The van der Waals surface area contributed by atoms with Gasteiger partial charge in [0.2, 0.25) is 5.95 Å². The fraction of sp³-hybridized carbons (Fsp3) is 0.185. The smallest absolute Gasteiger partial charge is 0.338 e. The lowest BCUT2D eigenvalue weighted by Gasteiger charge is -2.29. The number of nitrogens with one attached hydrogen (secondary N) is 1. The highest BCUT2D eigenvalue weighted by Gasteiger charge is 2.37. The zero-order valence-electron chi connectivity index (χ0n) is 19.9. The highest BCUT2D eigenvalue weighted by Crippen LogP contribution is 2.41. The molecule has 0 spiro atoms. The van der Waals surface area contributed by atoms with E-state index in [0.717, 1.165) is 16.7 Å². The number of carbonyl (C=O) groups excluding carboxylic acids is 1. The van der Waals surface area contributed by atoms with Crippen LogP contribution in [0.5, 0.6) is 11.5 Å². The molecule has 0 saturated carbocycles. The SMILES string of the molecule is CCOC(=O)C1=C(c2ccccc2)Nc2nnnn2C1c1ccc(OCc2ccccc2)c(OC)c1. The van der Waals surface area contributed by atoms with Gasteiger partial charge in [-0.25, -0.2) is 4.79 Å². The predicted octanol–water partition coefficient (Wildman–Crippen LogP) is 4.25. The summed E-state index contributed by atoms with van der Waals surface area (Å²) in [5.41, 5.74) is 3.58. The number of rotatable bonds is 8. The Morgan fingerprint density at radius 3 is 2.47 bits per heavy atom. The zero-order chi connectivity index (χ0) is 24.9. The maximum atomic E-state index is 13.3. The first-order valence-electron chi connectivity index (χ1n) is 11.6. The van der Waals surface area contributed by atoms with E-state index in [0.29, 0.717) is 35.3 Å². The van der Waals surface area contributed by atoms with Gasteiger partial charge < -0.3 is 19.5 Å². The lowest BCUT2D eigenvalue weighted by molar-refractivity contribution is -0.138. The molecule has 36 heavy (non-hydrogen) atoms. The number of anilines is 1. The molecular formula is C27H25N5O4. The Kier molecular flexibility index (Phi) is 6.61. The molecule has 5 rings (SSSR count). The monoisotopic (exact) mass is 483 g/mol. The van der Waals surface area contributed by atoms with E-state index in [-0.39, 0.29) is 6.61 Å². The molecule has 2 heterocycles. The van der Waals surface area contributed by atoms with E-state index < -0.39 is 12.0 Å². The van der Waals surface area contributed by atoms with Gasteiger partial charge in [-0.3, -0.25) is 0 Å². The number of nitrogens with zero attached hydrogens (tertiary/aromatic N) is 4. The minimum Gasteiger partial charge on any atom is -0.493 e. The van der Waals surface area contributed by atoms with E-state index in [1.54, 1.807) is 18.7 Å². The van der Waals surface area contributed by atoms with Crippen LogP contribution in [0.3, 0.4) is 0 Å². The number of methoxy groups -OCH3 is 1. The topological polar surface area (TPSA) is 100 Å². The van der Waals surface area contributed by atoms with Gasteiger partial charge in [-0.1, -0.05) is 71.8 Å². The average molecular weight is 484 g/mol. The van der Waals surface area contributed by atoms with Crippen LogP contribution in [0.15, 0.2) is 84.4 Å². The van der Waals surface area contributed by atoms with E-state index in [4.69, 9.17) is 14.2 Å². The van der Waals surface area contributed by atoms with E-state index in [1.165, 1.54) is 0 Å². The molecule has 1 aromatic heterocycles. The summed E-state index contributed by atoms with van der Waals surface area (Å²) in [5, 5.41) is 15.3. The largest absolute Gasteiger partial charge is 0.493 e. The van der Waals surface area contributed by atoms with Crippen LogP contribution in [0.2, 0.25) is 0 Å². The number of aromatic nitrogens is 4. The third-order valence-corrected chi connectivity index (χ3v) is 5.82. The lowest BCUT2D eigenvalue weighted by atomic mass is 9.92. The van der Waals surface area contributed by atoms with Gasteiger partial charge in [-0.2, -0.15) is 4.68 Å².